The quantitative estimate of drug-likeness (QED) is 0.381. The van der Waals surface area contributed by atoms with Crippen molar-refractivity contribution >= 4 is 35.0 Å². The van der Waals surface area contributed by atoms with Gasteiger partial charge in [0, 0.05) is 5.92 Å². The molecule has 0 radical (unpaired) electrons. The molecule has 166 valence electrons. The Morgan fingerprint density at radius 2 is 1.97 bits per heavy atom. The summed E-state index contributed by atoms with van der Waals surface area (Å²) in [5.41, 5.74) is 5.58. The summed E-state index contributed by atoms with van der Waals surface area (Å²) in [6, 6.07) is 9.14. The van der Waals surface area contributed by atoms with Gasteiger partial charge >= 0.3 is 17.8 Å². The molecule has 5 rings (SSSR count). The summed E-state index contributed by atoms with van der Waals surface area (Å²) in [4.78, 5) is 31.7. The third kappa shape index (κ3) is 3.83. The van der Waals surface area contributed by atoms with Crippen LogP contribution in [0.3, 0.4) is 0 Å². The van der Waals surface area contributed by atoms with E-state index in [9.17, 15) is 14.7 Å². The highest BCUT2D eigenvalue weighted by molar-refractivity contribution is 5.89. The summed E-state index contributed by atoms with van der Waals surface area (Å²) in [7, 11) is 0. The number of hydrogen-bond donors (Lipinski definition) is 3. The molecule has 0 atom stereocenters. The molecule has 3 aromatic heterocycles. The van der Waals surface area contributed by atoms with Crippen LogP contribution in [0, 0.1) is 11.8 Å². The summed E-state index contributed by atoms with van der Waals surface area (Å²) in [6.45, 7) is 0.0619. The molecule has 0 spiro atoms. The maximum absolute atomic E-state index is 12.1. The predicted octanol–water partition coefficient (Wildman–Crippen LogP) is 2.65. The molecule has 0 unspecified atom stereocenters. The minimum absolute atomic E-state index is 0.0355. The van der Waals surface area contributed by atoms with Gasteiger partial charge in [0.15, 0.2) is 5.82 Å². The van der Waals surface area contributed by atoms with Gasteiger partial charge in [0.05, 0.1) is 0 Å². The van der Waals surface area contributed by atoms with E-state index in [2.05, 4.69) is 32.3 Å². The van der Waals surface area contributed by atoms with Crippen molar-refractivity contribution in [2.45, 2.75) is 24.9 Å². The minimum Gasteiger partial charge on any atom is -0.480 e. The molecular weight excluding hydrogens is 434 g/mol. The molecule has 1 fully saturated rings. The van der Waals surface area contributed by atoms with Gasteiger partial charge in [0.25, 0.3) is 5.89 Å². The summed E-state index contributed by atoms with van der Waals surface area (Å²) >= 11 is 0. The number of oxazole rings is 2. The zero-order chi connectivity index (χ0) is 23.0. The number of nitrogens with zero attached hydrogens (tertiary/aromatic N) is 3. The second-order valence-corrected chi connectivity index (χ2v) is 7.25. The van der Waals surface area contributed by atoms with Crippen LogP contribution < -0.4 is 11.1 Å². The molecule has 1 aliphatic rings. The fraction of sp³-hybridized carbons (Fsp3) is 0.190. The Kier molecular flexibility index (Phi) is 4.71. The molecule has 3 heterocycles. The smallest absolute Gasteiger partial charge is 0.412 e. The van der Waals surface area contributed by atoms with Crippen molar-refractivity contribution in [1.29, 1.82) is 0 Å². The zero-order valence-electron chi connectivity index (χ0n) is 16.8. The van der Waals surface area contributed by atoms with Crippen LogP contribution in [0.5, 0.6) is 0 Å². The number of carboxylic acid groups (broad SMARTS) is 1. The maximum atomic E-state index is 12.1. The Morgan fingerprint density at radius 3 is 2.67 bits per heavy atom. The third-order valence-electron chi connectivity index (χ3n) is 4.99. The molecule has 0 bridgehead atoms. The van der Waals surface area contributed by atoms with E-state index in [0.717, 1.165) is 5.56 Å². The van der Waals surface area contributed by atoms with Crippen LogP contribution in [0.4, 0.5) is 16.3 Å². The van der Waals surface area contributed by atoms with Gasteiger partial charge < -0.3 is 28.9 Å². The number of amides is 1. The van der Waals surface area contributed by atoms with Gasteiger partial charge in [-0.15, -0.1) is 0 Å². The molecule has 1 aliphatic carbocycles. The highest BCUT2D eigenvalue weighted by Crippen LogP contribution is 2.48. The molecule has 33 heavy (non-hydrogen) atoms. The second-order valence-electron chi connectivity index (χ2n) is 7.25. The number of nitrogens with one attached hydrogen (secondary N) is 1. The van der Waals surface area contributed by atoms with Crippen molar-refractivity contribution in [3.63, 3.8) is 0 Å². The van der Waals surface area contributed by atoms with E-state index in [4.69, 9.17) is 23.8 Å². The lowest BCUT2D eigenvalue weighted by atomic mass is 10.1. The van der Waals surface area contributed by atoms with E-state index >= 15 is 0 Å². The number of carbonyl (C=O) groups is 2. The first-order chi connectivity index (χ1) is 15.9. The van der Waals surface area contributed by atoms with E-state index in [-0.39, 0.29) is 47.1 Å². The summed E-state index contributed by atoms with van der Waals surface area (Å²) in [5, 5.41) is 15.4. The monoisotopic (exact) mass is 449 g/mol. The highest BCUT2D eigenvalue weighted by Gasteiger charge is 2.56. The molecule has 0 aliphatic heterocycles. The fourth-order valence-corrected chi connectivity index (χ4v) is 3.02. The van der Waals surface area contributed by atoms with Crippen LogP contribution in [0.1, 0.15) is 35.9 Å². The Morgan fingerprint density at radius 1 is 1.18 bits per heavy atom. The van der Waals surface area contributed by atoms with Crippen molar-refractivity contribution in [3.05, 3.63) is 53.4 Å². The number of rotatable bonds is 5. The van der Waals surface area contributed by atoms with Gasteiger partial charge in [-0.1, -0.05) is 35.5 Å². The fourth-order valence-electron chi connectivity index (χ4n) is 3.02. The number of carbonyl (C=O) groups excluding carboxylic acids is 1. The first-order valence-corrected chi connectivity index (χ1v) is 9.71. The van der Waals surface area contributed by atoms with Gasteiger partial charge in [-0.2, -0.15) is 9.97 Å². The van der Waals surface area contributed by atoms with E-state index in [1.54, 1.807) is 0 Å². The largest absolute Gasteiger partial charge is 0.480 e. The summed E-state index contributed by atoms with van der Waals surface area (Å²) in [6.07, 6.45) is 0.109. The number of benzene rings is 1. The van der Waals surface area contributed by atoms with Gasteiger partial charge in [0.1, 0.15) is 17.7 Å². The molecule has 0 saturated heterocycles. The first kappa shape index (κ1) is 20.1. The number of nitrogens with two attached hydrogens (primary N) is 1. The van der Waals surface area contributed by atoms with E-state index in [0.29, 0.717) is 12.8 Å². The lowest BCUT2D eigenvalue weighted by Crippen LogP contribution is -2.19. The van der Waals surface area contributed by atoms with Crippen molar-refractivity contribution in [3.8, 4) is 11.8 Å². The van der Waals surface area contributed by atoms with Crippen LogP contribution in [0.15, 0.2) is 43.7 Å². The lowest BCUT2D eigenvalue weighted by molar-refractivity contribution is -0.140. The standard InChI is InChI=1S/C21H15N5O7/c22-15-14(24-20(29)30-10-11-4-2-1-3-5-11)12(33-26-15)6-7-13-23-16-17(31-13)32-18(25-16)21(8-9-21)19(27)28/h1-5H,8-10H2,(H2,22,26)(H,24,29)(H,27,28). The zero-order valence-corrected chi connectivity index (χ0v) is 16.8. The number of fused-ring (bicyclic) bond motifs is 1. The van der Waals surface area contributed by atoms with Crippen molar-refractivity contribution in [2.75, 3.05) is 11.1 Å². The van der Waals surface area contributed by atoms with Gasteiger partial charge in [-0.3, -0.25) is 10.1 Å². The van der Waals surface area contributed by atoms with Crippen LogP contribution in [0.25, 0.3) is 11.4 Å². The molecule has 12 nitrogen and oxygen atoms in total. The lowest BCUT2D eigenvalue weighted by Gasteiger charge is -2.05. The Balaban J connectivity index is 1.29. The molecule has 1 saturated carbocycles. The predicted molar refractivity (Wildman–Crippen MR) is 110 cm³/mol. The van der Waals surface area contributed by atoms with Gasteiger partial charge in [0.2, 0.25) is 17.3 Å². The number of nitrogen functional groups attached to an aromatic ring is 1. The molecule has 4 N–H and O–H groups in total. The topological polar surface area (TPSA) is 180 Å². The number of hydrogen-bond acceptors (Lipinski definition) is 10. The average molecular weight is 449 g/mol. The molecule has 1 amide bonds. The van der Waals surface area contributed by atoms with Crippen LogP contribution in [0.2, 0.25) is 0 Å². The Bertz CT molecular complexity index is 1390. The molecule has 4 aromatic rings. The highest BCUT2D eigenvalue weighted by atomic mass is 16.5. The number of aromatic nitrogens is 3. The normalized spacial score (nSPS) is 13.8. The van der Waals surface area contributed by atoms with E-state index in [1.807, 2.05) is 30.3 Å². The van der Waals surface area contributed by atoms with Crippen molar-refractivity contribution in [2.24, 2.45) is 0 Å². The van der Waals surface area contributed by atoms with Gasteiger partial charge in [-0.05, 0) is 24.3 Å². The molecule has 1 aromatic carbocycles. The van der Waals surface area contributed by atoms with Crippen LogP contribution in [-0.2, 0) is 21.6 Å². The van der Waals surface area contributed by atoms with E-state index < -0.39 is 17.5 Å². The maximum Gasteiger partial charge on any atom is 0.412 e. The number of aliphatic carboxylic acids is 1. The molecular formula is C21H15N5O7. The van der Waals surface area contributed by atoms with Crippen molar-refractivity contribution in [1.82, 2.24) is 15.1 Å². The third-order valence-corrected chi connectivity index (χ3v) is 4.99. The van der Waals surface area contributed by atoms with Crippen molar-refractivity contribution < 1.29 is 32.8 Å². The molecule has 12 heteroatoms. The summed E-state index contributed by atoms with van der Waals surface area (Å²) < 4.78 is 21.0. The average Bonchev–Trinajstić information content (AvgIpc) is 3.24. The Hall–Kier alpha value is -4.79. The van der Waals surface area contributed by atoms with E-state index in [1.165, 1.54) is 0 Å². The van der Waals surface area contributed by atoms with Gasteiger partial charge in [-0.25, -0.2) is 4.79 Å². The SMILES string of the molecule is Nc1noc(C#Cc2nc3nc(C4(C(=O)O)CC4)oc3o2)c1NC(=O)OCc1ccccc1. The minimum atomic E-state index is -1.11. The number of anilines is 2. The number of ether oxygens (including phenoxy) is 1. The summed E-state index contributed by atoms with van der Waals surface area (Å²) in [5.74, 6) is 4.01. The van der Waals surface area contributed by atoms with Crippen LogP contribution in [-0.4, -0.2) is 32.3 Å². The first-order valence-electron chi connectivity index (χ1n) is 9.71. The Labute approximate surface area is 184 Å². The number of carboxylic acids is 1. The van der Waals surface area contributed by atoms with Crippen LogP contribution >= 0.6 is 0 Å². The second kappa shape index (κ2) is 7.72.